The fraction of sp³-hybridized carbons (Fsp3) is 0.559. The van der Waals surface area contributed by atoms with Crippen LogP contribution < -0.4 is 14.8 Å². The summed E-state index contributed by atoms with van der Waals surface area (Å²) in [7, 11) is 3.26. The first kappa shape index (κ1) is 31.8. The Labute approximate surface area is 260 Å². The summed E-state index contributed by atoms with van der Waals surface area (Å²) in [5.74, 6) is 2.36. The lowest BCUT2D eigenvalue weighted by molar-refractivity contribution is -0.131. The van der Waals surface area contributed by atoms with Gasteiger partial charge in [0, 0.05) is 70.9 Å². The van der Waals surface area contributed by atoms with Gasteiger partial charge in [0.25, 0.3) is 5.91 Å². The fourth-order valence-corrected chi connectivity index (χ4v) is 6.04. The van der Waals surface area contributed by atoms with Gasteiger partial charge < -0.3 is 33.7 Å². The zero-order valence-electron chi connectivity index (χ0n) is 26.6. The maximum Gasteiger partial charge on any atom is 0.254 e. The van der Waals surface area contributed by atoms with Gasteiger partial charge >= 0.3 is 0 Å². The molecule has 2 aliphatic rings. The van der Waals surface area contributed by atoms with Crippen molar-refractivity contribution in [1.29, 1.82) is 0 Å². The van der Waals surface area contributed by atoms with Crippen LogP contribution in [-0.4, -0.2) is 92.3 Å². The number of aryl methyl sites for hydroxylation is 1. The normalized spacial score (nSPS) is 18.1. The standard InChI is InChI=1S/C34H46N4O6/c1-22(2)37(34(40)25-8-12-31(42-5)32(17-25)43-14-6-13-41-4)20-26-18-35-19-27(26)21-38(28-9-10-28)33(39)16-24-7-11-30-29(15-24)36-23(3)44-30/h7-8,11-12,15,17,22,26-28,35H,6,9-10,13-14,16,18-21H2,1-5H3/t26-,27+/m0/s1. The van der Waals surface area contributed by atoms with Crippen molar-refractivity contribution in [1.82, 2.24) is 20.1 Å². The lowest BCUT2D eigenvalue weighted by Crippen LogP contribution is -2.45. The van der Waals surface area contributed by atoms with Crippen LogP contribution in [0.1, 0.15) is 54.9 Å². The van der Waals surface area contributed by atoms with Crippen molar-refractivity contribution in [2.75, 3.05) is 53.6 Å². The first-order valence-corrected chi connectivity index (χ1v) is 15.7. The summed E-state index contributed by atoms with van der Waals surface area (Å²) < 4.78 is 22.1. The summed E-state index contributed by atoms with van der Waals surface area (Å²) in [4.78, 5) is 35.9. The molecule has 2 aromatic carbocycles. The molecule has 1 aliphatic heterocycles. The maximum absolute atomic E-state index is 13.9. The Balaban J connectivity index is 1.25. The van der Waals surface area contributed by atoms with Crippen LogP contribution in [0.4, 0.5) is 0 Å². The third-order valence-corrected chi connectivity index (χ3v) is 8.61. The predicted octanol–water partition coefficient (Wildman–Crippen LogP) is 4.48. The van der Waals surface area contributed by atoms with Crippen LogP contribution in [0, 0.1) is 18.8 Å². The highest BCUT2D eigenvalue weighted by Gasteiger charge is 2.38. The van der Waals surface area contributed by atoms with Crippen molar-refractivity contribution < 1.29 is 28.2 Å². The highest BCUT2D eigenvalue weighted by Crippen LogP contribution is 2.32. The molecule has 2 heterocycles. The van der Waals surface area contributed by atoms with Crippen molar-refractivity contribution >= 4 is 22.9 Å². The van der Waals surface area contributed by atoms with E-state index in [2.05, 4.69) is 15.2 Å². The summed E-state index contributed by atoms with van der Waals surface area (Å²) >= 11 is 0. The zero-order chi connectivity index (χ0) is 31.2. The number of nitrogens with zero attached hydrogens (tertiary/aromatic N) is 3. The molecule has 3 aromatic rings. The number of carbonyl (C=O) groups excluding carboxylic acids is 2. The lowest BCUT2D eigenvalue weighted by Gasteiger charge is -2.34. The molecule has 10 heteroatoms. The van der Waals surface area contributed by atoms with Crippen molar-refractivity contribution in [2.45, 2.75) is 58.5 Å². The smallest absolute Gasteiger partial charge is 0.254 e. The summed E-state index contributed by atoms with van der Waals surface area (Å²) in [5, 5.41) is 3.54. The molecule has 0 unspecified atom stereocenters. The van der Waals surface area contributed by atoms with Crippen molar-refractivity contribution in [3.05, 3.63) is 53.4 Å². The van der Waals surface area contributed by atoms with Gasteiger partial charge in [-0.15, -0.1) is 0 Å². The molecule has 238 valence electrons. The number of amides is 2. The average Bonchev–Trinajstić information content (AvgIpc) is 3.64. The number of nitrogens with one attached hydrogen (secondary N) is 1. The SMILES string of the molecule is COCCCOc1cc(C(=O)N(C[C@@H]2CNC[C@@H]2CN(C(=O)Cc2ccc3oc(C)nc3c2)C2CC2)C(C)C)ccc1OC. The Kier molecular flexibility index (Phi) is 10.4. The van der Waals surface area contributed by atoms with Crippen LogP contribution in [0.25, 0.3) is 11.1 Å². The van der Waals surface area contributed by atoms with Crippen LogP contribution in [-0.2, 0) is 16.0 Å². The van der Waals surface area contributed by atoms with Gasteiger partial charge in [0.2, 0.25) is 5.91 Å². The molecule has 2 amide bonds. The van der Waals surface area contributed by atoms with Gasteiger partial charge in [-0.25, -0.2) is 4.98 Å². The van der Waals surface area contributed by atoms with Gasteiger partial charge in [-0.3, -0.25) is 9.59 Å². The second-order valence-corrected chi connectivity index (χ2v) is 12.3. The molecule has 1 saturated carbocycles. The van der Waals surface area contributed by atoms with E-state index in [1.54, 1.807) is 32.4 Å². The molecular formula is C34H46N4O6. The monoisotopic (exact) mass is 606 g/mol. The van der Waals surface area contributed by atoms with E-state index < -0.39 is 0 Å². The number of hydrogen-bond acceptors (Lipinski definition) is 8. The summed E-state index contributed by atoms with van der Waals surface area (Å²) in [6.07, 6.45) is 3.17. The van der Waals surface area contributed by atoms with Crippen LogP contribution >= 0.6 is 0 Å². The Hall–Kier alpha value is -3.63. The first-order chi connectivity index (χ1) is 21.3. The predicted molar refractivity (Wildman–Crippen MR) is 168 cm³/mol. The number of hydrogen-bond donors (Lipinski definition) is 1. The van der Waals surface area contributed by atoms with Gasteiger partial charge in [-0.1, -0.05) is 6.07 Å². The van der Waals surface area contributed by atoms with E-state index >= 15 is 0 Å². The minimum atomic E-state index is -0.0383. The summed E-state index contributed by atoms with van der Waals surface area (Å²) in [6.45, 7) is 9.93. The topological polar surface area (TPSA) is 106 Å². The second-order valence-electron chi connectivity index (χ2n) is 12.3. The van der Waals surface area contributed by atoms with E-state index in [1.165, 1.54) is 0 Å². The molecule has 1 aromatic heterocycles. The minimum absolute atomic E-state index is 0.00757. The molecule has 1 saturated heterocycles. The number of carbonyl (C=O) groups is 2. The molecule has 0 spiro atoms. The molecular weight excluding hydrogens is 560 g/mol. The van der Waals surface area contributed by atoms with Gasteiger partial charge in [0.05, 0.1) is 20.1 Å². The molecule has 0 bridgehead atoms. The molecule has 1 aliphatic carbocycles. The van der Waals surface area contributed by atoms with Crippen LogP contribution in [0.15, 0.2) is 40.8 Å². The van der Waals surface area contributed by atoms with Crippen molar-refractivity contribution in [2.24, 2.45) is 11.8 Å². The largest absolute Gasteiger partial charge is 0.493 e. The zero-order valence-corrected chi connectivity index (χ0v) is 26.6. The fourth-order valence-electron chi connectivity index (χ4n) is 6.04. The van der Waals surface area contributed by atoms with Crippen LogP contribution in [0.5, 0.6) is 11.5 Å². The molecule has 5 rings (SSSR count). The Morgan fingerprint density at radius 3 is 2.50 bits per heavy atom. The quantitative estimate of drug-likeness (QED) is 0.253. The van der Waals surface area contributed by atoms with Gasteiger partial charge in [-0.2, -0.15) is 0 Å². The number of aromatic nitrogens is 1. The first-order valence-electron chi connectivity index (χ1n) is 15.7. The Morgan fingerprint density at radius 2 is 1.80 bits per heavy atom. The summed E-state index contributed by atoms with van der Waals surface area (Å²) in [5.41, 5.74) is 3.03. The van der Waals surface area contributed by atoms with Crippen LogP contribution in [0.3, 0.4) is 0 Å². The number of oxazole rings is 1. The van der Waals surface area contributed by atoms with Gasteiger partial charge in [0.15, 0.2) is 23.0 Å². The molecule has 2 fully saturated rings. The maximum atomic E-state index is 13.9. The average molecular weight is 607 g/mol. The molecule has 1 N–H and O–H groups in total. The summed E-state index contributed by atoms with van der Waals surface area (Å²) in [6, 6.07) is 11.5. The van der Waals surface area contributed by atoms with E-state index in [-0.39, 0.29) is 29.7 Å². The number of ether oxygens (including phenoxy) is 3. The third kappa shape index (κ3) is 7.71. The second kappa shape index (κ2) is 14.4. The van der Waals surface area contributed by atoms with Crippen LogP contribution in [0.2, 0.25) is 0 Å². The van der Waals surface area contributed by atoms with E-state index in [9.17, 15) is 9.59 Å². The van der Waals surface area contributed by atoms with E-state index in [1.807, 2.05) is 43.9 Å². The number of benzene rings is 2. The Morgan fingerprint density at radius 1 is 1.02 bits per heavy atom. The molecule has 44 heavy (non-hydrogen) atoms. The van der Waals surface area contributed by atoms with E-state index in [4.69, 9.17) is 18.6 Å². The highest BCUT2D eigenvalue weighted by atomic mass is 16.5. The third-order valence-electron chi connectivity index (χ3n) is 8.61. The Bertz CT molecular complexity index is 1430. The lowest BCUT2D eigenvalue weighted by atomic mass is 9.93. The molecule has 10 nitrogen and oxygen atoms in total. The van der Waals surface area contributed by atoms with Gasteiger partial charge in [0.1, 0.15) is 5.52 Å². The van der Waals surface area contributed by atoms with E-state index in [0.29, 0.717) is 61.7 Å². The molecule has 0 radical (unpaired) electrons. The number of methoxy groups -OCH3 is 2. The van der Waals surface area contributed by atoms with Crippen molar-refractivity contribution in [3.63, 3.8) is 0 Å². The van der Waals surface area contributed by atoms with Crippen molar-refractivity contribution in [3.8, 4) is 11.5 Å². The number of fused-ring (bicyclic) bond motifs is 1. The highest BCUT2D eigenvalue weighted by molar-refractivity contribution is 5.95. The minimum Gasteiger partial charge on any atom is -0.493 e. The number of rotatable bonds is 15. The van der Waals surface area contributed by atoms with Gasteiger partial charge in [-0.05, 0) is 74.4 Å². The molecule has 2 atom stereocenters. The van der Waals surface area contributed by atoms with E-state index in [0.717, 1.165) is 49.0 Å².